The minimum Gasteiger partial charge on any atom is -0.460 e. The Labute approximate surface area is 142 Å². The number of furan rings is 1. The molecular weight excluding hydrogens is 304 g/mol. The highest BCUT2D eigenvalue weighted by Crippen LogP contribution is 2.27. The van der Waals surface area contributed by atoms with Crippen molar-refractivity contribution in [1.29, 1.82) is 0 Å². The van der Waals surface area contributed by atoms with E-state index < -0.39 is 0 Å². The van der Waals surface area contributed by atoms with Gasteiger partial charge in [-0.2, -0.15) is 0 Å². The lowest BCUT2D eigenvalue weighted by Crippen LogP contribution is -2.48. The standard InChI is InChI=1S/C19H24N2O3/c1-2-17-16(15-5-3-4-6-18(15)24-17)7-8-19(23)21-11-9-20(10-12-21)13-14-22/h3-8,22H,2,9-14H2,1H3/b8-7+. The molecular formula is C19H24N2O3. The SMILES string of the molecule is CCc1oc2ccccc2c1/C=C/C(=O)N1CCN(CCO)CC1. The lowest BCUT2D eigenvalue weighted by Gasteiger charge is -2.33. The number of aliphatic hydroxyl groups excluding tert-OH is 1. The summed E-state index contributed by atoms with van der Waals surface area (Å²) in [6.07, 6.45) is 4.33. The Balaban J connectivity index is 1.71. The molecule has 3 rings (SSSR count). The number of hydrogen-bond acceptors (Lipinski definition) is 4. The number of carbonyl (C=O) groups is 1. The van der Waals surface area contributed by atoms with E-state index in [9.17, 15) is 4.79 Å². The summed E-state index contributed by atoms with van der Waals surface area (Å²) < 4.78 is 5.86. The fraction of sp³-hybridized carbons (Fsp3) is 0.421. The molecule has 0 saturated carbocycles. The van der Waals surface area contributed by atoms with E-state index in [-0.39, 0.29) is 12.5 Å². The molecule has 0 atom stereocenters. The first-order chi connectivity index (χ1) is 11.7. The molecule has 5 nitrogen and oxygen atoms in total. The summed E-state index contributed by atoms with van der Waals surface area (Å²) in [5, 5.41) is 10.0. The van der Waals surface area contributed by atoms with Crippen molar-refractivity contribution in [2.75, 3.05) is 39.3 Å². The Hall–Kier alpha value is -2.11. The van der Waals surface area contributed by atoms with Crippen LogP contribution < -0.4 is 0 Å². The number of benzene rings is 1. The maximum atomic E-state index is 12.4. The van der Waals surface area contributed by atoms with Crippen LogP contribution in [0, 0.1) is 0 Å². The molecule has 1 saturated heterocycles. The fourth-order valence-corrected chi connectivity index (χ4v) is 3.15. The number of nitrogens with zero attached hydrogens (tertiary/aromatic N) is 2. The van der Waals surface area contributed by atoms with Gasteiger partial charge in [-0.05, 0) is 12.1 Å². The normalized spacial score (nSPS) is 16.3. The number of piperazine rings is 1. The molecule has 128 valence electrons. The number of aliphatic hydroxyl groups is 1. The molecule has 1 aliphatic rings. The second-order valence-corrected chi connectivity index (χ2v) is 6.01. The van der Waals surface area contributed by atoms with E-state index in [1.54, 1.807) is 6.08 Å². The fourth-order valence-electron chi connectivity index (χ4n) is 3.15. The topological polar surface area (TPSA) is 56.9 Å². The Bertz CT molecular complexity index is 727. The molecule has 1 aromatic heterocycles. The summed E-state index contributed by atoms with van der Waals surface area (Å²) in [5.74, 6) is 0.944. The van der Waals surface area contributed by atoms with E-state index in [4.69, 9.17) is 9.52 Å². The van der Waals surface area contributed by atoms with Gasteiger partial charge in [-0.3, -0.25) is 9.69 Å². The zero-order valence-electron chi connectivity index (χ0n) is 14.1. The number of aryl methyl sites for hydroxylation is 1. The van der Waals surface area contributed by atoms with Gasteiger partial charge in [0.1, 0.15) is 11.3 Å². The molecule has 2 aromatic rings. The average molecular weight is 328 g/mol. The maximum absolute atomic E-state index is 12.4. The van der Waals surface area contributed by atoms with Gasteiger partial charge < -0.3 is 14.4 Å². The average Bonchev–Trinajstić information content (AvgIpc) is 2.98. The summed E-state index contributed by atoms with van der Waals surface area (Å²) >= 11 is 0. The third-order valence-corrected chi connectivity index (χ3v) is 4.52. The molecule has 24 heavy (non-hydrogen) atoms. The Morgan fingerprint density at radius 2 is 2.00 bits per heavy atom. The van der Waals surface area contributed by atoms with Crippen molar-refractivity contribution in [3.63, 3.8) is 0 Å². The molecule has 0 radical (unpaired) electrons. The minimum absolute atomic E-state index is 0.0333. The number of amides is 1. The van der Waals surface area contributed by atoms with Gasteiger partial charge in [-0.25, -0.2) is 0 Å². The molecule has 1 amide bonds. The van der Waals surface area contributed by atoms with E-state index in [2.05, 4.69) is 11.8 Å². The van der Waals surface area contributed by atoms with Crippen molar-refractivity contribution in [3.05, 3.63) is 41.7 Å². The van der Waals surface area contributed by atoms with Crippen LogP contribution in [0.15, 0.2) is 34.8 Å². The van der Waals surface area contributed by atoms with Gasteiger partial charge in [0.05, 0.1) is 6.61 Å². The molecule has 0 unspecified atom stereocenters. The molecule has 0 bridgehead atoms. The van der Waals surface area contributed by atoms with Crippen LogP contribution in [0.25, 0.3) is 17.0 Å². The summed E-state index contributed by atoms with van der Waals surface area (Å²) in [7, 11) is 0. The van der Waals surface area contributed by atoms with E-state index in [1.165, 1.54) is 0 Å². The van der Waals surface area contributed by atoms with Gasteiger partial charge in [0.25, 0.3) is 0 Å². The van der Waals surface area contributed by atoms with Gasteiger partial charge in [-0.1, -0.05) is 25.1 Å². The van der Waals surface area contributed by atoms with E-state index >= 15 is 0 Å². The number of para-hydroxylation sites is 1. The van der Waals surface area contributed by atoms with Crippen molar-refractivity contribution >= 4 is 23.0 Å². The minimum atomic E-state index is 0.0333. The van der Waals surface area contributed by atoms with Gasteiger partial charge in [0.2, 0.25) is 5.91 Å². The van der Waals surface area contributed by atoms with Crippen LogP contribution in [0.5, 0.6) is 0 Å². The summed E-state index contributed by atoms with van der Waals surface area (Å²) in [6, 6.07) is 7.91. The highest BCUT2D eigenvalue weighted by atomic mass is 16.3. The van der Waals surface area contributed by atoms with Crippen molar-refractivity contribution < 1.29 is 14.3 Å². The molecule has 0 spiro atoms. The van der Waals surface area contributed by atoms with E-state index in [0.29, 0.717) is 19.6 Å². The maximum Gasteiger partial charge on any atom is 0.246 e. The van der Waals surface area contributed by atoms with Gasteiger partial charge in [0.15, 0.2) is 0 Å². The molecule has 2 heterocycles. The van der Waals surface area contributed by atoms with E-state index in [1.807, 2.05) is 35.2 Å². The van der Waals surface area contributed by atoms with Crippen molar-refractivity contribution in [2.45, 2.75) is 13.3 Å². The third kappa shape index (κ3) is 3.52. The lowest BCUT2D eigenvalue weighted by molar-refractivity contribution is -0.127. The Morgan fingerprint density at radius 3 is 2.71 bits per heavy atom. The van der Waals surface area contributed by atoms with Crippen LogP contribution in [0.1, 0.15) is 18.2 Å². The first-order valence-corrected chi connectivity index (χ1v) is 8.53. The van der Waals surface area contributed by atoms with Gasteiger partial charge in [-0.15, -0.1) is 0 Å². The van der Waals surface area contributed by atoms with E-state index in [0.717, 1.165) is 41.8 Å². The zero-order chi connectivity index (χ0) is 16.9. The van der Waals surface area contributed by atoms with Gasteiger partial charge in [0, 0.05) is 56.2 Å². The smallest absolute Gasteiger partial charge is 0.246 e. The number of carbonyl (C=O) groups excluding carboxylic acids is 1. The van der Waals surface area contributed by atoms with Crippen LogP contribution >= 0.6 is 0 Å². The molecule has 1 aromatic carbocycles. The molecule has 0 aliphatic carbocycles. The summed E-state index contributed by atoms with van der Waals surface area (Å²) in [4.78, 5) is 16.5. The number of fused-ring (bicyclic) bond motifs is 1. The van der Waals surface area contributed by atoms with Crippen LogP contribution in [0.3, 0.4) is 0 Å². The van der Waals surface area contributed by atoms with Crippen molar-refractivity contribution in [2.24, 2.45) is 0 Å². The van der Waals surface area contributed by atoms with Crippen LogP contribution in [-0.2, 0) is 11.2 Å². The highest BCUT2D eigenvalue weighted by Gasteiger charge is 2.19. The summed E-state index contributed by atoms with van der Waals surface area (Å²) in [6.45, 7) is 5.94. The van der Waals surface area contributed by atoms with Crippen LogP contribution in [-0.4, -0.2) is 60.1 Å². The van der Waals surface area contributed by atoms with Crippen LogP contribution in [0.2, 0.25) is 0 Å². The molecule has 5 heteroatoms. The van der Waals surface area contributed by atoms with Crippen molar-refractivity contribution in [1.82, 2.24) is 9.80 Å². The monoisotopic (exact) mass is 328 g/mol. The van der Waals surface area contributed by atoms with Crippen LogP contribution in [0.4, 0.5) is 0 Å². The highest BCUT2D eigenvalue weighted by molar-refractivity contribution is 5.96. The number of β-amino-alcohol motifs (C(OH)–C–C–N with tert-alkyl or cyclic N) is 1. The predicted octanol–water partition coefficient (Wildman–Crippen LogP) is 2.14. The molecule has 1 aliphatic heterocycles. The zero-order valence-corrected chi connectivity index (χ0v) is 14.1. The second kappa shape index (κ2) is 7.64. The first-order valence-electron chi connectivity index (χ1n) is 8.53. The number of hydrogen-bond donors (Lipinski definition) is 1. The van der Waals surface area contributed by atoms with Gasteiger partial charge >= 0.3 is 0 Å². The number of rotatable bonds is 5. The summed E-state index contributed by atoms with van der Waals surface area (Å²) in [5.41, 5.74) is 1.86. The molecule has 1 fully saturated rings. The quantitative estimate of drug-likeness (QED) is 0.855. The predicted molar refractivity (Wildman–Crippen MR) is 94.7 cm³/mol. The largest absolute Gasteiger partial charge is 0.460 e. The van der Waals surface area contributed by atoms with Crippen molar-refractivity contribution in [3.8, 4) is 0 Å². The second-order valence-electron chi connectivity index (χ2n) is 6.01. The third-order valence-electron chi connectivity index (χ3n) is 4.52. The molecule has 1 N–H and O–H groups in total. The Kier molecular flexibility index (Phi) is 5.33. The first kappa shape index (κ1) is 16.7. The Morgan fingerprint density at radius 1 is 1.25 bits per heavy atom. The lowest BCUT2D eigenvalue weighted by atomic mass is 10.1.